The molecule has 0 aliphatic carbocycles. The molecule has 22 heavy (non-hydrogen) atoms. The van der Waals surface area contributed by atoms with E-state index >= 15 is 0 Å². The van der Waals surface area contributed by atoms with Gasteiger partial charge in [-0.1, -0.05) is 6.92 Å². The van der Waals surface area contributed by atoms with Crippen molar-refractivity contribution in [2.45, 2.75) is 70.8 Å². The van der Waals surface area contributed by atoms with Gasteiger partial charge in [0.15, 0.2) is 5.79 Å². The molecule has 0 bridgehead atoms. The average molecular weight is 317 g/mol. The Morgan fingerprint density at radius 3 is 2.18 bits per heavy atom. The minimum Gasteiger partial charge on any atom is -0.444 e. The van der Waals surface area contributed by atoms with Gasteiger partial charge in [0.1, 0.15) is 17.4 Å². The fraction of sp³-hybridized carbons (Fsp3) is 0.933. The summed E-state index contributed by atoms with van der Waals surface area (Å²) in [5.41, 5.74) is -1.85. The second kappa shape index (κ2) is 5.33. The fourth-order valence-electron chi connectivity index (χ4n) is 2.89. The number of ether oxygens (including phenoxy) is 3. The number of hydrogen-bond donors (Lipinski definition) is 2. The molecule has 2 saturated heterocycles. The third kappa shape index (κ3) is 2.95. The average Bonchev–Trinajstić information content (AvgIpc) is 2.54. The third-order valence-corrected chi connectivity index (χ3v) is 4.19. The number of carbonyl (C=O) groups excluding carboxylic acids is 1. The number of aliphatic hydroxyl groups is 2. The monoisotopic (exact) mass is 317 g/mol. The van der Waals surface area contributed by atoms with Gasteiger partial charge >= 0.3 is 6.09 Å². The molecule has 0 aromatic carbocycles. The molecule has 1 spiro atoms. The van der Waals surface area contributed by atoms with Gasteiger partial charge in [-0.2, -0.15) is 0 Å². The Morgan fingerprint density at radius 1 is 1.23 bits per heavy atom. The molecule has 128 valence electrons. The van der Waals surface area contributed by atoms with E-state index in [-0.39, 0.29) is 13.2 Å². The number of hydrogen-bond acceptors (Lipinski definition) is 6. The highest BCUT2D eigenvalue weighted by atomic mass is 16.7. The molecule has 3 atom stereocenters. The summed E-state index contributed by atoms with van der Waals surface area (Å²) in [6.45, 7) is 10.6. The molecule has 0 radical (unpaired) electrons. The van der Waals surface area contributed by atoms with Crippen LogP contribution in [0.25, 0.3) is 0 Å². The van der Waals surface area contributed by atoms with Crippen LogP contribution in [0.4, 0.5) is 4.79 Å². The summed E-state index contributed by atoms with van der Waals surface area (Å²) in [7, 11) is 0. The smallest absolute Gasteiger partial charge is 0.413 e. The van der Waals surface area contributed by atoms with Crippen LogP contribution in [-0.4, -0.2) is 63.7 Å². The number of carbonyl (C=O) groups is 1. The van der Waals surface area contributed by atoms with Crippen molar-refractivity contribution < 1.29 is 29.2 Å². The Morgan fingerprint density at radius 2 is 1.73 bits per heavy atom. The van der Waals surface area contributed by atoms with Crippen LogP contribution in [0.2, 0.25) is 0 Å². The zero-order valence-corrected chi connectivity index (χ0v) is 14.1. The number of likely N-dealkylation sites (tertiary alicyclic amines) is 1. The summed E-state index contributed by atoms with van der Waals surface area (Å²) < 4.78 is 16.6. The van der Waals surface area contributed by atoms with E-state index in [1.807, 2.05) is 0 Å². The number of amides is 1. The first-order chi connectivity index (χ1) is 9.90. The standard InChI is InChI=1S/C15H27NO6/c1-9-10(17)15(7-20-14(5,6)21-8-15)16(11(9)18)12(19)22-13(2,3)4/h9-11,17-18H,7-8H2,1-6H3/t9-,10+,11?/m1/s1. The predicted molar refractivity (Wildman–Crippen MR) is 78.0 cm³/mol. The molecular formula is C15H27NO6. The van der Waals surface area contributed by atoms with Crippen molar-refractivity contribution in [1.29, 1.82) is 0 Å². The van der Waals surface area contributed by atoms with Crippen molar-refractivity contribution in [2.24, 2.45) is 5.92 Å². The van der Waals surface area contributed by atoms with Gasteiger partial charge in [-0.15, -0.1) is 0 Å². The molecule has 2 heterocycles. The van der Waals surface area contributed by atoms with E-state index in [9.17, 15) is 15.0 Å². The maximum atomic E-state index is 12.5. The largest absolute Gasteiger partial charge is 0.444 e. The van der Waals surface area contributed by atoms with Crippen molar-refractivity contribution >= 4 is 6.09 Å². The summed E-state index contributed by atoms with van der Waals surface area (Å²) in [4.78, 5) is 13.7. The van der Waals surface area contributed by atoms with E-state index < -0.39 is 41.3 Å². The summed E-state index contributed by atoms with van der Waals surface area (Å²) in [6.07, 6.45) is -2.81. The van der Waals surface area contributed by atoms with E-state index in [0.717, 1.165) is 0 Å². The normalized spacial score (nSPS) is 34.0. The van der Waals surface area contributed by atoms with E-state index in [1.54, 1.807) is 41.5 Å². The van der Waals surface area contributed by atoms with E-state index in [2.05, 4.69) is 0 Å². The second-order valence-corrected chi connectivity index (χ2v) is 7.65. The van der Waals surface area contributed by atoms with Crippen molar-refractivity contribution in [3.8, 4) is 0 Å². The third-order valence-electron chi connectivity index (χ3n) is 4.19. The van der Waals surface area contributed by atoms with Crippen LogP contribution in [0.5, 0.6) is 0 Å². The Hall–Kier alpha value is -0.890. The van der Waals surface area contributed by atoms with Gasteiger partial charge in [-0.25, -0.2) is 4.79 Å². The van der Waals surface area contributed by atoms with Crippen LogP contribution < -0.4 is 0 Å². The SMILES string of the molecule is C[C@H]1C(O)N(C(=O)OC(C)(C)C)C2(COC(C)(C)OC2)[C@H]1O. The Kier molecular flexibility index (Phi) is 4.23. The lowest BCUT2D eigenvalue weighted by atomic mass is 9.89. The molecule has 0 aromatic rings. The maximum Gasteiger partial charge on any atom is 0.413 e. The van der Waals surface area contributed by atoms with Crippen LogP contribution in [0.15, 0.2) is 0 Å². The molecule has 2 aliphatic heterocycles. The molecule has 2 aliphatic rings. The molecule has 0 saturated carbocycles. The summed E-state index contributed by atoms with van der Waals surface area (Å²) in [5, 5.41) is 21.0. The number of nitrogens with zero attached hydrogens (tertiary/aromatic N) is 1. The van der Waals surface area contributed by atoms with Crippen LogP contribution in [0, 0.1) is 5.92 Å². The molecule has 7 nitrogen and oxygen atoms in total. The first-order valence-electron chi connectivity index (χ1n) is 7.56. The highest BCUT2D eigenvalue weighted by Crippen LogP contribution is 2.42. The lowest BCUT2D eigenvalue weighted by Gasteiger charge is -2.47. The molecule has 1 unspecified atom stereocenters. The quantitative estimate of drug-likeness (QED) is 0.695. The van der Waals surface area contributed by atoms with Crippen molar-refractivity contribution in [2.75, 3.05) is 13.2 Å². The van der Waals surface area contributed by atoms with E-state index in [0.29, 0.717) is 0 Å². The first-order valence-corrected chi connectivity index (χ1v) is 7.56. The Balaban J connectivity index is 2.30. The van der Waals surface area contributed by atoms with Crippen molar-refractivity contribution in [3.05, 3.63) is 0 Å². The molecule has 0 aromatic heterocycles. The van der Waals surface area contributed by atoms with Gasteiger partial charge in [0.25, 0.3) is 0 Å². The van der Waals surface area contributed by atoms with Gasteiger partial charge in [0.05, 0.1) is 19.3 Å². The lowest BCUT2D eigenvalue weighted by Crippen LogP contribution is -2.65. The van der Waals surface area contributed by atoms with E-state index in [4.69, 9.17) is 14.2 Å². The van der Waals surface area contributed by atoms with Gasteiger partial charge < -0.3 is 24.4 Å². The van der Waals surface area contributed by atoms with E-state index in [1.165, 1.54) is 4.90 Å². The highest BCUT2D eigenvalue weighted by molar-refractivity contribution is 5.70. The first kappa shape index (κ1) is 17.5. The highest BCUT2D eigenvalue weighted by Gasteiger charge is 2.62. The molecule has 2 rings (SSSR count). The van der Waals surface area contributed by atoms with Gasteiger partial charge in [-0.05, 0) is 34.6 Å². The second-order valence-electron chi connectivity index (χ2n) is 7.65. The van der Waals surface area contributed by atoms with Gasteiger partial charge in [0.2, 0.25) is 0 Å². The molecular weight excluding hydrogens is 290 g/mol. The Bertz CT molecular complexity index is 434. The summed E-state index contributed by atoms with van der Waals surface area (Å²) in [5.74, 6) is -1.32. The van der Waals surface area contributed by atoms with Crippen molar-refractivity contribution in [1.82, 2.24) is 4.90 Å². The topological polar surface area (TPSA) is 88.5 Å². The maximum absolute atomic E-state index is 12.5. The molecule has 2 fully saturated rings. The predicted octanol–water partition coefficient (Wildman–Crippen LogP) is 1.07. The number of aliphatic hydroxyl groups excluding tert-OH is 2. The van der Waals surface area contributed by atoms with Crippen molar-refractivity contribution in [3.63, 3.8) is 0 Å². The van der Waals surface area contributed by atoms with Crippen LogP contribution >= 0.6 is 0 Å². The van der Waals surface area contributed by atoms with Crippen LogP contribution in [0.3, 0.4) is 0 Å². The zero-order chi connectivity index (χ0) is 16.9. The van der Waals surface area contributed by atoms with Gasteiger partial charge in [0, 0.05) is 5.92 Å². The fourth-order valence-corrected chi connectivity index (χ4v) is 2.89. The Labute approximate surface area is 131 Å². The summed E-state index contributed by atoms with van der Waals surface area (Å²) in [6, 6.07) is 0. The minimum atomic E-state index is -1.15. The molecule has 1 amide bonds. The lowest BCUT2D eigenvalue weighted by molar-refractivity contribution is -0.293. The van der Waals surface area contributed by atoms with Crippen LogP contribution in [-0.2, 0) is 14.2 Å². The zero-order valence-electron chi connectivity index (χ0n) is 14.1. The molecule has 7 heteroatoms. The summed E-state index contributed by atoms with van der Waals surface area (Å²) >= 11 is 0. The number of rotatable bonds is 0. The van der Waals surface area contributed by atoms with Crippen LogP contribution in [0.1, 0.15) is 41.5 Å². The minimum absolute atomic E-state index is 0.0712. The van der Waals surface area contributed by atoms with Gasteiger partial charge in [-0.3, -0.25) is 4.90 Å². The molecule has 2 N–H and O–H groups in total.